The van der Waals surface area contributed by atoms with Crippen molar-refractivity contribution in [2.45, 2.75) is 19.4 Å². The summed E-state index contributed by atoms with van der Waals surface area (Å²) in [4.78, 5) is 24.8. The first kappa shape index (κ1) is 20.3. The SMILES string of the molecule is CC(=O)Nc1ccc(NC(=O)c2cc(-c3cccs3)n(C3CCS(=O)(=O)C3)n2)cc1. The van der Waals surface area contributed by atoms with Crippen LogP contribution in [0.15, 0.2) is 47.8 Å². The van der Waals surface area contributed by atoms with Crippen LogP contribution >= 0.6 is 11.3 Å². The molecule has 1 unspecified atom stereocenters. The molecule has 1 fully saturated rings. The van der Waals surface area contributed by atoms with E-state index >= 15 is 0 Å². The topological polar surface area (TPSA) is 110 Å². The summed E-state index contributed by atoms with van der Waals surface area (Å²) < 4.78 is 25.6. The first-order chi connectivity index (χ1) is 14.3. The van der Waals surface area contributed by atoms with Crippen LogP contribution in [0.2, 0.25) is 0 Å². The van der Waals surface area contributed by atoms with Gasteiger partial charge in [-0.05, 0) is 48.2 Å². The zero-order chi connectivity index (χ0) is 21.3. The normalized spacial score (nSPS) is 17.6. The number of sulfone groups is 1. The summed E-state index contributed by atoms with van der Waals surface area (Å²) in [5.41, 5.74) is 2.14. The number of anilines is 2. The molecule has 1 aromatic carbocycles. The lowest BCUT2D eigenvalue weighted by Crippen LogP contribution is -2.16. The molecule has 0 bridgehead atoms. The van der Waals surface area contributed by atoms with Crippen molar-refractivity contribution in [3.63, 3.8) is 0 Å². The Morgan fingerprint density at radius 2 is 1.83 bits per heavy atom. The summed E-state index contributed by atoms with van der Waals surface area (Å²) in [7, 11) is -3.09. The fraction of sp³-hybridized carbons (Fsp3) is 0.250. The van der Waals surface area contributed by atoms with Crippen molar-refractivity contribution in [3.05, 3.63) is 53.5 Å². The van der Waals surface area contributed by atoms with Crippen molar-refractivity contribution in [2.75, 3.05) is 22.1 Å². The molecule has 4 rings (SSSR count). The highest BCUT2D eigenvalue weighted by Gasteiger charge is 2.32. The van der Waals surface area contributed by atoms with E-state index in [0.717, 1.165) is 10.6 Å². The first-order valence-corrected chi connectivity index (χ1v) is 12.0. The number of carbonyl (C=O) groups excluding carboxylic acids is 2. The first-order valence-electron chi connectivity index (χ1n) is 9.33. The Bertz CT molecular complexity index is 1180. The van der Waals surface area contributed by atoms with Gasteiger partial charge in [0.15, 0.2) is 15.5 Å². The molecule has 0 radical (unpaired) electrons. The molecule has 3 heterocycles. The Kier molecular flexibility index (Phi) is 5.44. The average Bonchev–Trinajstić information content (AvgIpc) is 3.41. The van der Waals surface area contributed by atoms with Crippen molar-refractivity contribution >= 4 is 44.4 Å². The van der Waals surface area contributed by atoms with Gasteiger partial charge in [-0.2, -0.15) is 5.10 Å². The van der Waals surface area contributed by atoms with Crippen LogP contribution in [0, 0.1) is 0 Å². The second-order valence-electron chi connectivity index (χ2n) is 7.11. The third-order valence-electron chi connectivity index (χ3n) is 4.76. The molecule has 10 heteroatoms. The molecular formula is C20H20N4O4S2. The number of hydrogen-bond acceptors (Lipinski definition) is 6. The fourth-order valence-corrected chi connectivity index (χ4v) is 5.82. The maximum Gasteiger partial charge on any atom is 0.276 e. The van der Waals surface area contributed by atoms with E-state index in [0.29, 0.717) is 17.8 Å². The van der Waals surface area contributed by atoms with Crippen molar-refractivity contribution in [3.8, 4) is 10.6 Å². The van der Waals surface area contributed by atoms with Crippen LogP contribution < -0.4 is 10.6 Å². The number of benzene rings is 1. The lowest BCUT2D eigenvalue weighted by molar-refractivity contribution is -0.114. The second-order valence-corrected chi connectivity index (χ2v) is 10.3. The maximum atomic E-state index is 12.8. The van der Waals surface area contributed by atoms with Gasteiger partial charge in [0.05, 0.1) is 28.1 Å². The number of rotatable bonds is 5. The molecule has 1 aliphatic rings. The standard InChI is InChI=1S/C20H20N4O4S2/c1-13(25)21-14-4-6-15(7-5-14)22-20(26)17-11-18(19-3-2-9-29-19)24(23-17)16-8-10-30(27,28)12-16/h2-7,9,11,16H,8,10,12H2,1H3,(H,21,25)(H,22,26). The van der Waals surface area contributed by atoms with Gasteiger partial charge in [0.2, 0.25) is 5.91 Å². The molecule has 156 valence electrons. The third kappa shape index (κ3) is 4.44. The number of hydrogen-bond donors (Lipinski definition) is 2. The van der Waals surface area contributed by atoms with Gasteiger partial charge in [0.1, 0.15) is 0 Å². The number of nitrogens with one attached hydrogen (secondary N) is 2. The minimum atomic E-state index is -3.09. The number of thiophene rings is 1. The van der Waals surface area contributed by atoms with Gasteiger partial charge in [-0.25, -0.2) is 8.42 Å². The Hall–Kier alpha value is -2.98. The van der Waals surface area contributed by atoms with E-state index in [1.165, 1.54) is 18.3 Å². The Balaban J connectivity index is 1.58. The summed E-state index contributed by atoms with van der Waals surface area (Å²) in [6.45, 7) is 1.42. The van der Waals surface area contributed by atoms with Crippen LogP contribution in [-0.4, -0.2) is 41.5 Å². The Morgan fingerprint density at radius 1 is 1.13 bits per heavy atom. The number of carbonyl (C=O) groups is 2. The van der Waals surface area contributed by atoms with Crippen LogP contribution in [0.1, 0.15) is 29.9 Å². The largest absolute Gasteiger partial charge is 0.326 e. The van der Waals surface area contributed by atoms with E-state index in [9.17, 15) is 18.0 Å². The highest BCUT2D eigenvalue weighted by molar-refractivity contribution is 7.91. The summed E-state index contributed by atoms with van der Waals surface area (Å²) in [5.74, 6) is -0.408. The van der Waals surface area contributed by atoms with Crippen LogP contribution in [0.25, 0.3) is 10.6 Å². The van der Waals surface area contributed by atoms with Gasteiger partial charge in [0.25, 0.3) is 5.91 Å². The molecule has 0 aliphatic carbocycles. The van der Waals surface area contributed by atoms with E-state index in [1.54, 1.807) is 35.0 Å². The molecule has 0 spiro atoms. The zero-order valence-electron chi connectivity index (χ0n) is 16.2. The molecule has 2 amide bonds. The van der Waals surface area contributed by atoms with Crippen LogP contribution in [-0.2, 0) is 14.6 Å². The van der Waals surface area contributed by atoms with Crippen molar-refractivity contribution in [2.24, 2.45) is 0 Å². The molecule has 1 saturated heterocycles. The predicted octanol–water partition coefficient (Wildman–Crippen LogP) is 3.18. The highest BCUT2D eigenvalue weighted by Crippen LogP contribution is 2.32. The number of aromatic nitrogens is 2. The van der Waals surface area contributed by atoms with E-state index < -0.39 is 9.84 Å². The van der Waals surface area contributed by atoms with Crippen molar-refractivity contribution in [1.82, 2.24) is 9.78 Å². The molecule has 8 nitrogen and oxygen atoms in total. The summed E-state index contributed by atoms with van der Waals surface area (Å²) in [6, 6.07) is 12.0. The van der Waals surface area contributed by atoms with Crippen molar-refractivity contribution < 1.29 is 18.0 Å². The zero-order valence-corrected chi connectivity index (χ0v) is 17.8. The van der Waals surface area contributed by atoms with Crippen LogP contribution in [0.5, 0.6) is 0 Å². The second kappa shape index (κ2) is 8.04. The van der Waals surface area contributed by atoms with E-state index in [2.05, 4.69) is 15.7 Å². The number of nitrogens with zero attached hydrogens (tertiary/aromatic N) is 2. The van der Waals surface area contributed by atoms with E-state index in [4.69, 9.17) is 0 Å². The lowest BCUT2D eigenvalue weighted by atomic mass is 10.2. The lowest BCUT2D eigenvalue weighted by Gasteiger charge is -2.12. The van der Waals surface area contributed by atoms with Crippen molar-refractivity contribution in [1.29, 1.82) is 0 Å². The molecule has 1 atom stereocenters. The quantitative estimate of drug-likeness (QED) is 0.628. The number of amides is 2. The van der Waals surface area contributed by atoms with Gasteiger partial charge in [-0.15, -0.1) is 11.3 Å². The monoisotopic (exact) mass is 444 g/mol. The van der Waals surface area contributed by atoms with E-state index in [1.807, 2.05) is 17.5 Å². The minimum Gasteiger partial charge on any atom is -0.326 e. The van der Waals surface area contributed by atoms with Crippen LogP contribution in [0.3, 0.4) is 0 Å². The highest BCUT2D eigenvalue weighted by atomic mass is 32.2. The molecule has 0 saturated carbocycles. The Morgan fingerprint density at radius 3 is 2.40 bits per heavy atom. The summed E-state index contributed by atoms with van der Waals surface area (Å²) in [5, 5.41) is 11.8. The van der Waals surface area contributed by atoms with Gasteiger partial charge in [0, 0.05) is 18.3 Å². The van der Waals surface area contributed by atoms with Gasteiger partial charge < -0.3 is 10.6 Å². The van der Waals surface area contributed by atoms with Gasteiger partial charge >= 0.3 is 0 Å². The molecule has 30 heavy (non-hydrogen) atoms. The molecule has 1 aliphatic heterocycles. The van der Waals surface area contributed by atoms with Crippen LogP contribution in [0.4, 0.5) is 11.4 Å². The van der Waals surface area contributed by atoms with Gasteiger partial charge in [-0.1, -0.05) is 6.07 Å². The van der Waals surface area contributed by atoms with E-state index in [-0.39, 0.29) is 35.1 Å². The predicted molar refractivity (Wildman–Crippen MR) is 117 cm³/mol. The maximum absolute atomic E-state index is 12.8. The summed E-state index contributed by atoms with van der Waals surface area (Å²) >= 11 is 1.51. The smallest absolute Gasteiger partial charge is 0.276 e. The molecule has 2 aromatic heterocycles. The molecular weight excluding hydrogens is 424 g/mol. The third-order valence-corrected chi connectivity index (χ3v) is 7.40. The molecule has 2 N–H and O–H groups in total. The average molecular weight is 445 g/mol. The minimum absolute atomic E-state index is 0.0265. The molecule has 3 aromatic rings. The fourth-order valence-electron chi connectivity index (χ4n) is 3.40. The van der Waals surface area contributed by atoms with Gasteiger partial charge in [-0.3, -0.25) is 14.3 Å². The summed E-state index contributed by atoms with van der Waals surface area (Å²) in [6.07, 6.45) is 0.480. The Labute approximate surface area is 177 Å².